The lowest BCUT2D eigenvalue weighted by atomic mass is 10.3. The smallest absolute Gasteiger partial charge is 0.404 e. The molecule has 0 aliphatic rings. The molecular weight excluding hydrogens is 244 g/mol. The minimum Gasteiger partial charge on any atom is -0.465 e. The molecule has 0 aliphatic heterocycles. The second-order valence-electron chi connectivity index (χ2n) is 4.54. The van der Waals surface area contributed by atoms with Crippen LogP contribution in [0.15, 0.2) is 0 Å². The van der Waals surface area contributed by atoms with Crippen molar-refractivity contribution in [1.29, 1.82) is 0 Å². The van der Waals surface area contributed by atoms with Gasteiger partial charge < -0.3 is 26.4 Å². The number of rotatable bonds is 14. The van der Waals surface area contributed by atoms with E-state index >= 15 is 0 Å². The van der Waals surface area contributed by atoms with Crippen LogP contribution in [-0.4, -0.2) is 57.0 Å². The first-order valence-electron chi connectivity index (χ1n) is 7.36. The molecule has 19 heavy (non-hydrogen) atoms. The van der Waals surface area contributed by atoms with Crippen LogP contribution in [-0.2, 0) is 0 Å². The van der Waals surface area contributed by atoms with Gasteiger partial charge in [-0.15, -0.1) is 0 Å². The van der Waals surface area contributed by atoms with Crippen LogP contribution in [0.2, 0.25) is 0 Å². The summed E-state index contributed by atoms with van der Waals surface area (Å²) in [6.07, 6.45) is 3.75. The lowest BCUT2D eigenvalue weighted by molar-refractivity contribution is 0.194. The van der Waals surface area contributed by atoms with Gasteiger partial charge in [-0.1, -0.05) is 6.92 Å². The Hall–Kier alpha value is -0.850. The Kier molecular flexibility index (Phi) is 14.5. The molecular formula is C13H30N4O2. The molecule has 0 rings (SSSR count). The highest BCUT2D eigenvalue weighted by Crippen LogP contribution is 1.85. The summed E-state index contributed by atoms with van der Waals surface area (Å²) in [6, 6.07) is 0. The van der Waals surface area contributed by atoms with E-state index in [9.17, 15) is 4.79 Å². The zero-order valence-corrected chi connectivity index (χ0v) is 12.1. The predicted octanol–water partition coefficient (Wildman–Crippen LogP) is 0.603. The molecule has 0 bridgehead atoms. The van der Waals surface area contributed by atoms with Crippen molar-refractivity contribution in [2.75, 3.05) is 45.8 Å². The maximum Gasteiger partial charge on any atom is 0.404 e. The van der Waals surface area contributed by atoms with Gasteiger partial charge in [0.2, 0.25) is 0 Å². The molecule has 5 N–H and O–H groups in total. The van der Waals surface area contributed by atoms with E-state index < -0.39 is 6.09 Å². The lowest BCUT2D eigenvalue weighted by Gasteiger charge is -2.07. The molecule has 0 heterocycles. The molecule has 114 valence electrons. The quantitative estimate of drug-likeness (QED) is 0.300. The van der Waals surface area contributed by atoms with Gasteiger partial charge in [0, 0.05) is 13.1 Å². The number of carboxylic acid groups (broad SMARTS) is 1. The topological polar surface area (TPSA) is 85.4 Å². The number of nitrogens with one attached hydrogen (secondary N) is 4. The molecule has 1 amide bonds. The summed E-state index contributed by atoms with van der Waals surface area (Å²) in [5, 5.41) is 20.7. The fourth-order valence-corrected chi connectivity index (χ4v) is 1.65. The standard InChI is InChI=1S/C13H30N4O2/c1-2-6-14-7-3-4-8-15-9-5-10-16-11-12-17-13(18)19/h14-17H,2-12H2,1H3,(H,18,19). The molecule has 0 aromatic carbocycles. The van der Waals surface area contributed by atoms with Crippen LogP contribution in [0.5, 0.6) is 0 Å². The first-order valence-corrected chi connectivity index (χ1v) is 7.36. The van der Waals surface area contributed by atoms with Crippen molar-refractivity contribution in [2.24, 2.45) is 0 Å². The van der Waals surface area contributed by atoms with Crippen LogP contribution in [0.4, 0.5) is 4.79 Å². The molecule has 6 heteroatoms. The second-order valence-corrected chi connectivity index (χ2v) is 4.54. The molecule has 6 nitrogen and oxygen atoms in total. The highest BCUT2D eigenvalue weighted by Gasteiger charge is 1.93. The van der Waals surface area contributed by atoms with E-state index in [0.717, 1.165) is 39.1 Å². The van der Waals surface area contributed by atoms with Crippen LogP contribution in [0, 0.1) is 0 Å². The van der Waals surface area contributed by atoms with Gasteiger partial charge in [0.25, 0.3) is 0 Å². The summed E-state index contributed by atoms with van der Waals surface area (Å²) < 4.78 is 0. The molecule has 0 atom stereocenters. The fourth-order valence-electron chi connectivity index (χ4n) is 1.65. The Labute approximate surface area is 116 Å². The Bertz CT molecular complexity index is 203. The van der Waals surface area contributed by atoms with Gasteiger partial charge in [0.1, 0.15) is 0 Å². The van der Waals surface area contributed by atoms with Gasteiger partial charge in [-0.05, 0) is 58.4 Å². The Morgan fingerprint density at radius 2 is 1.32 bits per heavy atom. The van der Waals surface area contributed by atoms with Crippen molar-refractivity contribution in [3.63, 3.8) is 0 Å². The SMILES string of the molecule is CCCNCCCCNCCCNCCNC(=O)O. The van der Waals surface area contributed by atoms with Gasteiger partial charge in [0.05, 0.1) is 0 Å². The summed E-state index contributed by atoms with van der Waals surface area (Å²) in [6.45, 7) is 8.59. The summed E-state index contributed by atoms with van der Waals surface area (Å²) in [5.41, 5.74) is 0. The fraction of sp³-hybridized carbons (Fsp3) is 0.923. The maximum absolute atomic E-state index is 10.2. The third-order valence-corrected chi connectivity index (χ3v) is 2.67. The van der Waals surface area contributed by atoms with Crippen molar-refractivity contribution in [3.05, 3.63) is 0 Å². The van der Waals surface area contributed by atoms with Crippen molar-refractivity contribution in [2.45, 2.75) is 32.6 Å². The van der Waals surface area contributed by atoms with Crippen molar-refractivity contribution in [3.8, 4) is 0 Å². The summed E-state index contributed by atoms with van der Waals surface area (Å²) >= 11 is 0. The molecule has 0 radical (unpaired) electrons. The predicted molar refractivity (Wildman–Crippen MR) is 78.8 cm³/mol. The van der Waals surface area contributed by atoms with Crippen LogP contribution in [0.3, 0.4) is 0 Å². The lowest BCUT2D eigenvalue weighted by Crippen LogP contribution is -2.32. The molecule has 0 fully saturated rings. The highest BCUT2D eigenvalue weighted by atomic mass is 16.4. The van der Waals surface area contributed by atoms with Crippen LogP contribution in [0.1, 0.15) is 32.6 Å². The van der Waals surface area contributed by atoms with E-state index in [2.05, 4.69) is 28.2 Å². The van der Waals surface area contributed by atoms with E-state index in [1.54, 1.807) is 0 Å². The molecule has 0 aliphatic carbocycles. The van der Waals surface area contributed by atoms with E-state index in [4.69, 9.17) is 5.11 Å². The molecule has 0 saturated heterocycles. The number of amides is 1. The van der Waals surface area contributed by atoms with Crippen LogP contribution >= 0.6 is 0 Å². The van der Waals surface area contributed by atoms with Crippen molar-refractivity contribution < 1.29 is 9.90 Å². The van der Waals surface area contributed by atoms with Gasteiger partial charge in [-0.25, -0.2) is 4.79 Å². The highest BCUT2D eigenvalue weighted by molar-refractivity contribution is 5.64. The Balaban J connectivity index is 2.93. The average molecular weight is 274 g/mol. The zero-order valence-electron chi connectivity index (χ0n) is 12.1. The summed E-state index contributed by atoms with van der Waals surface area (Å²) in [5.74, 6) is 0. The number of unbranched alkanes of at least 4 members (excludes halogenated alkanes) is 1. The summed E-state index contributed by atoms with van der Waals surface area (Å²) in [7, 11) is 0. The van der Waals surface area contributed by atoms with Crippen molar-refractivity contribution >= 4 is 6.09 Å². The van der Waals surface area contributed by atoms with Gasteiger partial charge in [0.15, 0.2) is 0 Å². The number of hydrogen-bond donors (Lipinski definition) is 5. The van der Waals surface area contributed by atoms with Crippen LogP contribution in [0.25, 0.3) is 0 Å². The van der Waals surface area contributed by atoms with E-state index in [1.165, 1.54) is 19.3 Å². The van der Waals surface area contributed by atoms with E-state index in [-0.39, 0.29) is 0 Å². The van der Waals surface area contributed by atoms with Crippen molar-refractivity contribution in [1.82, 2.24) is 21.3 Å². The van der Waals surface area contributed by atoms with Gasteiger partial charge >= 0.3 is 6.09 Å². The summed E-state index contributed by atoms with van der Waals surface area (Å²) in [4.78, 5) is 10.2. The largest absolute Gasteiger partial charge is 0.465 e. The first kappa shape index (κ1) is 18.1. The molecule has 0 aromatic heterocycles. The Morgan fingerprint density at radius 1 is 0.789 bits per heavy atom. The normalized spacial score (nSPS) is 10.6. The second kappa shape index (κ2) is 15.2. The average Bonchev–Trinajstić information content (AvgIpc) is 2.39. The zero-order chi connectivity index (χ0) is 14.2. The monoisotopic (exact) mass is 274 g/mol. The minimum absolute atomic E-state index is 0.466. The molecule has 0 unspecified atom stereocenters. The van der Waals surface area contributed by atoms with E-state index in [0.29, 0.717) is 13.1 Å². The van der Waals surface area contributed by atoms with E-state index in [1.807, 2.05) is 0 Å². The Morgan fingerprint density at radius 3 is 1.89 bits per heavy atom. The molecule has 0 aromatic rings. The molecule has 0 spiro atoms. The van der Waals surface area contributed by atoms with Crippen LogP contribution < -0.4 is 21.3 Å². The first-order chi connectivity index (χ1) is 9.27. The minimum atomic E-state index is -0.961. The maximum atomic E-state index is 10.2. The third-order valence-electron chi connectivity index (χ3n) is 2.67. The third kappa shape index (κ3) is 17.1. The molecule has 0 saturated carbocycles. The number of carbonyl (C=O) groups is 1. The van der Waals surface area contributed by atoms with Gasteiger partial charge in [-0.2, -0.15) is 0 Å². The van der Waals surface area contributed by atoms with Gasteiger partial charge in [-0.3, -0.25) is 0 Å². The number of hydrogen-bond acceptors (Lipinski definition) is 4.